The van der Waals surface area contributed by atoms with Crippen molar-refractivity contribution in [1.29, 1.82) is 0 Å². The Morgan fingerprint density at radius 3 is 2.69 bits per heavy atom. The molecule has 0 saturated heterocycles. The first-order valence-corrected chi connectivity index (χ1v) is 11.3. The Balaban J connectivity index is 1.71. The van der Waals surface area contributed by atoms with Gasteiger partial charge in [0.1, 0.15) is 22.6 Å². The zero-order chi connectivity index (χ0) is 22.7. The van der Waals surface area contributed by atoms with Gasteiger partial charge in [0.15, 0.2) is 6.10 Å². The minimum Gasteiger partial charge on any atom is -0.479 e. The summed E-state index contributed by atoms with van der Waals surface area (Å²) in [5.74, 6) is 0.0570. The second kappa shape index (κ2) is 9.36. The SMILES string of the molecule is CCOC(=O)[C@@H](C)Oc1cc2occ(-c3nc(-c4ccccc4)cs3)c(=O)c2cc1CC. The summed E-state index contributed by atoms with van der Waals surface area (Å²) in [5, 5.41) is 2.99. The van der Waals surface area contributed by atoms with Crippen molar-refractivity contribution in [3.05, 3.63) is 69.9 Å². The highest BCUT2D eigenvalue weighted by atomic mass is 32.1. The van der Waals surface area contributed by atoms with Gasteiger partial charge in [-0.05, 0) is 31.9 Å². The van der Waals surface area contributed by atoms with E-state index in [2.05, 4.69) is 4.98 Å². The van der Waals surface area contributed by atoms with Crippen molar-refractivity contribution in [3.8, 4) is 27.6 Å². The third-order valence-corrected chi connectivity index (χ3v) is 5.94. The summed E-state index contributed by atoms with van der Waals surface area (Å²) in [5.41, 5.74) is 3.27. The van der Waals surface area contributed by atoms with Gasteiger partial charge in [0.25, 0.3) is 0 Å². The standard InChI is InChI=1S/C25H23NO5S/c1-4-16-11-18-22(12-21(16)31-15(3)25(28)29-5-2)30-13-19(23(18)27)24-26-20(14-32-24)17-9-7-6-8-10-17/h6-15H,4-5H2,1-3H3/t15-/m1/s1. The van der Waals surface area contributed by atoms with Crippen LogP contribution in [0.2, 0.25) is 0 Å². The first-order valence-electron chi connectivity index (χ1n) is 10.4. The van der Waals surface area contributed by atoms with Gasteiger partial charge in [-0.1, -0.05) is 37.3 Å². The first kappa shape index (κ1) is 21.8. The summed E-state index contributed by atoms with van der Waals surface area (Å²) in [4.78, 5) is 29.8. The number of hydrogen-bond donors (Lipinski definition) is 0. The molecular formula is C25H23NO5S. The molecular weight excluding hydrogens is 426 g/mol. The maximum absolute atomic E-state index is 13.3. The lowest BCUT2D eigenvalue weighted by atomic mass is 10.1. The molecule has 6 nitrogen and oxygen atoms in total. The minimum atomic E-state index is -0.768. The quantitative estimate of drug-likeness (QED) is 0.348. The van der Waals surface area contributed by atoms with Crippen molar-refractivity contribution in [2.45, 2.75) is 33.3 Å². The van der Waals surface area contributed by atoms with Gasteiger partial charge < -0.3 is 13.9 Å². The largest absolute Gasteiger partial charge is 0.479 e. The lowest BCUT2D eigenvalue weighted by molar-refractivity contribution is -0.150. The van der Waals surface area contributed by atoms with Gasteiger partial charge in [-0.2, -0.15) is 0 Å². The highest BCUT2D eigenvalue weighted by Crippen LogP contribution is 2.31. The highest BCUT2D eigenvalue weighted by Gasteiger charge is 2.20. The van der Waals surface area contributed by atoms with E-state index in [9.17, 15) is 9.59 Å². The van der Waals surface area contributed by atoms with Crippen LogP contribution in [0.5, 0.6) is 5.75 Å². The van der Waals surface area contributed by atoms with E-state index in [1.807, 2.05) is 42.6 Å². The lowest BCUT2D eigenvalue weighted by Gasteiger charge is -2.16. The van der Waals surface area contributed by atoms with Gasteiger partial charge in [0.05, 0.1) is 23.3 Å². The van der Waals surface area contributed by atoms with Crippen LogP contribution in [0.4, 0.5) is 0 Å². The molecule has 0 radical (unpaired) electrons. The fourth-order valence-corrected chi connectivity index (χ4v) is 4.20. The summed E-state index contributed by atoms with van der Waals surface area (Å²) >= 11 is 1.40. The highest BCUT2D eigenvalue weighted by molar-refractivity contribution is 7.13. The van der Waals surface area contributed by atoms with Crippen LogP contribution in [-0.2, 0) is 16.0 Å². The summed E-state index contributed by atoms with van der Waals surface area (Å²) < 4.78 is 16.6. The van der Waals surface area contributed by atoms with Crippen LogP contribution in [0.25, 0.3) is 32.8 Å². The van der Waals surface area contributed by atoms with Gasteiger partial charge in [-0.3, -0.25) is 4.79 Å². The maximum Gasteiger partial charge on any atom is 0.347 e. The molecule has 1 atom stereocenters. The molecule has 0 saturated carbocycles. The van der Waals surface area contributed by atoms with Crippen molar-refractivity contribution < 1.29 is 18.7 Å². The topological polar surface area (TPSA) is 78.6 Å². The second-order valence-electron chi connectivity index (χ2n) is 7.20. The number of aromatic nitrogens is 1. The summed E-state index contributed by atoms with van der Waals surface area (Å²) in [6, 6.07) is 13.2. The van der Waals surface area contributed by atoms with E-state index >= 15 is 0 Å². The fourth-order valence-electron chi connectivity index (χ4n) is 3.37. The summed E-state index contributed by atoms with van der Waals surface area (Å²) in [6.07, 6.45) is 1.29. The lowest BCUT2D eigenvalue weighted by Crippen LogP contribution is -2.26. The Hall–Kier alpha value is -3.45. The number of esters is 1. The molecule has 0 spiro atoms. The van der Waals surface area contributed by atoms with Crippen molar-refractivity contribution in [2.75, 3.05) is 6.61 Å². The molecule has 0 fully saturated rings. The molecule has 0 bridgehead atoms. The smallest absolute Gasteiger partial charge is 0.347 e. The molecule has 0 aliphatic heterocycles. The monoisotopic (exact) mass is 449 g/mol. The van der Waals surface area contributed by atoms with Gasteiger partial charge >= 0.3 is 5.97 Å². The Morgan fingerprint density at radius 2 is 1.97 bits per heavy atom. The van der Waals surface area contributed by atoms with Crippen LogP contribution in [-0.4, -0.2) is 23.7 Å². The fraction of sp³-hybridized carbons (Fsp3) is 0.240. The van der Waals surface area contributed by atoms with E-state index in [1.165, 1.54) is 17.6 Å². The molecule has 0 unspecified atom stereocenters. The number of ether oxygens (including phenoxy) is 2. The molecule has 0 N–H and O–H groups in total. The van der Waals surface area contributed by atoms with Crippen LogP contribution in [0.15, 0.2) is 63.3 Å². The molecule has 4 aromatic rings. The average Bonchev–Trinajstić information content (AvgIpc) is 3.30. The van der Waals surface area contributed by atoms with Crippen molar-refractivity contribution in [3.63, 3.8) is 0 Å². The molecule has 0 aliphatic rings. The van der Waals surface area contributed by atoms with Crippen LogP contribution >= 0.6 is 11.3 Å². The number of benzene rings is 2. The number of carbonyl (C=O) groups is 1. The van der Waals surface area contributed by atoms with Crippen LogP contribution in [0.3, 0.4) is 0 Å². The molecule has 7 heteroatoms. The van der Waals surface area contributed by atoms with Crippen LogP contribution in [0, 0.1) is 0 Å². The predicted molar refractivity (Wildman–Crippen MR) is 125 cm³/mol. The molecule has 0 aliphatic carbocycles. The number of hydrogen-bond acceptors (Lipinski definition) is 7. The summed E-state index contributed by atoms with van der Waals surface area (Å²) in [7, 11) is 0. The first-order chi connectivity index (χ1) is 15.5. The van der Waals surface area contributed by atoms with E-state index in [4.69, 9.17) is 13.9 Å². The van der Waals surface area contributed by atoms with E-state index in [1.54, 1.807) is 26.0 Å². The van der Waals surface area contributed by atoms with E-state index in [-0.39, 0.29) is 12.0 Å². The number of nitrogens with zero attached hydrogens (tertiary/aromatic N) is 1. The molecule has 0 amide bonds. The van der Waals surface area contributed by atoms with Crippen molar-refractivity contribution >= 4 is 28.3 Å². The third-order valence-electron chi connectivity index (χ3n) is 5.06. The van der Waals surface area contributed by atoms with Crippen LogP contribution in [0.1, 0.15) is 26.3 Å². The third kappa shape index (κ3) is 4.29. The molecule has 2 heterocycles. The van der Waals surface area contributed by atoms with Gasteiger partial charge in [-0.15, -0.1) is 11.3 Å². The van der Waals surface area contributed by atoms with Gasteiger partial charge in [0, 0.05) is 17.0 Å². The van der Waals surface area contributed by atoms with Gasteiger partial charge in [-0.25, -0.2) is 9.78 Å². The molecule has 4 rings (SSSR count). The van der Waals surface area contributed by atoms with Gasteiger partial charge in [0.2, 0.25) is 5.43 Å². The second-order valence-corrected chi connectivity index (χ2v) is 8.06. The Kier molecular flexibility index (Phi) is 6.37. The van der Waals surface area contributed by atoms with Crippen molar-refractivity contribution in [2.24, 2.45) is 0 Å². The average molecular weight is 450 g/mol. The van der Waals surface area contributed by atoms with E-state index < -0.39 is 12.1 Å². The Bertz CT molecular complexity index is 1310. The number of rotatable bonds is 7. The molecule has 2 aromatic heterocycles. The van der Waals surface area contributed by atoms with Crippen LogP contribution < -0.4 is 10.2 Å². The predicted octanol–water partition coefficient (Wildman–Crippen LogP) is 5.48. The maximum atomic E-state index is 13.3. The molecule has 164 valence electrons. The summed E-state index contributed by atoms with van der Waals surface area (Å²) in [6.45, 7) is 5.62. The Morgan fingerprint density at radius 1 is 1.19 bits per heavy atom. The zero-order valence-electron chi connectivity index (χ0n) is 18.1. The number of carbonyl (C=O) groups excluding carboxylic acids is 1. The minimum absolute atomic E-state index is 0.153. The zero-order valence-corrected chi connectivity index (χ0v) is 18.9. The van der Waals surface area contributed by atoms with E-state index in [0.717, 1.165) is 16.8 Å². The van der Waals surface area contributed by atoms with Crippen molar-refractivity contribution in [1.82, 2.24) is 4.98 Å². The number of fused-ring (bicyclic) bond motifs is 1. The molecule has 32 heavy (non-hydrogen) atoms. The number of thiazole rings is 1. The molecule has 2 aromatic carbocycles. The number of aryl methyl sites for hydroxylation is 1. The normalized spacial score (nSPS) is 12.0. The van der Waals surface area contributed by atoms with E-state index in [0.29, 0.717) is 33.7 Å². The Labute approximate surface area is 189 Å².